The van der Waals surface area contributed by atoms with Gasteiger partial charge in [-0.05, 0) is 42.3 Å². The van der Waals surface area contributed by atoms with Crippen molar-refractivity contribution in [1.29, 1.82) is 0 Å². The van der Waals surface area contributed by atoms with E-state index in [-0.39, 0.29) is 0 Å². The average Bonchev–Trinajstić information content (AvgIpc) is 2.75. The maximum atomic E-state index is 6.20. The Morgan fingerprint density at radius 3 is 2.58 bits per heavy atom. The molecule has 96 valence electrons. The number of hydrogen-bond acceptors (Lipinski definition) is 1. The van der Waals surface area contributed by atoms with Crippen LogP contribution >= 0.6 is 23.2 Å². The number of imidazole rings is 1. The van der Waals surface area contributed by atoms with Crippen molar-refractivity contribution < 1.29 is 0 Å². The van der Waals surface area contributed by atoms with Crippen LogP contribution < -0.4 is 0 Å². The SMILES string of the molecule is Cc1cc(Cl)c2nc(Cc3ccc(Cl)cc3)[nH]c2c1. The van der Waals surface area contributed by atoms with E-state index in [0.29, 0.717) is 5.02 Å². The Morgan fingerprint density at radius 2 is 1.84 bits per heavy atom. The van der Waals surface area contributed by atoms with Crippen molar-refractivity contribution in [2.24, 2.45) is 0 Å². The maximum Gasteiger partial charge on any atom is 0.111 e. The van der Waals surface area contributed by atoms with Gasteiger partial charge in [-0.2, -0.15) is 0 Å². The number of halogens is 2. The first-order chi connectivity index (χ1) is 9.11. The molecule has 1 aromatic heterocycles. The zero-order chi connectivity index (χ0) is 13.4. The van der Waals surface area contributed by atoms with Crippen molar-refractivity contribution in [2.45, 2.75) is 13.3 Å². The highest BCUT2D eigenvalue weighted by atomic mass is 35.5. The summed E-state index contributed by atoms with van der Waals surface area (Å²) in [4.78, 5) is 7.86. The largest absolute Gasteiger partial charge is 0.342 e. The summed E-state index contributed by atoms with van der Waals surface area (Å²) in [5, 5.41) is 1.43. The van der Waals surface area contributed by atoms with Gasteiger partial charge in [0.2, 0.25) is 0 Å². The third kappa shape index (κ3) is 2.60. The normalized spacial score (nSPS) is 11.1. The predicted molar refractivity (Wildman–Crippen MR) is 80.1 cm³/mol. The number of nitrogens with one attached hydrogen (secondary N) is 1. The summed E-state index contributed by atoms with van der Waals surface area (Å²) < 4.78 is 0. The van der Waals surface area contributed by atoms with Crippen LogP contribution in [0.5, 0.6) is 0 Å². The molecule has 0 aliphatic carbocycles. The minimum absolute atomic E-state index is 0.689. The van der Waals surface area contributed by atoms with Gasteiger partial charge in [0, 0.05) is 11.4 Å². The van der Waals surface area contributed by atoms with E-state index in [9.17, 15) is 0 Å². The van der Waals surface area contributed by atoms with Gasteiger partial charge < -0.3 is 4.98 Å². The Hall–Kier alpha value is -1.51. The molecule has 0 bridgehead atoms. The number of H-pyrrole nitrogens is 1. The summed E-state index contributed by atoms with van der Waals surface area (Å²) in [7, 11) is 0. The number of hydrogen-bond donors (Lipinski definition) is 1. The molecule has 0 aliphatic rings. The molecule has 0 atom stereocenters. The highest BCUT2D eigenvalue weighted by Crippen LogP contribution is 2.24. The Labute approximate surface area is 121 Å². The molecule has 3 rings (SSSR count). The molecule has 0 spiro atoms. The number of aromatic nitrogens is 2. The lowest BCUT2D eigenvalue weighted by molar-refractivity contribution is 1.04. The lowest BCUT2D eigenvalue weighted by Crippen LogP contribution is -1.89. The second-order valence-electron chi connectivity index (χ2n) is 4.63. The second kappa shape index (κ2) is 4.87. The van der Waals surface area contributed by atoms with Gasteiger partial charge in [-0.25, -0.2) is 4.98 Å². The zero-order valence-electron chi connectivity index (χ0n) is 10.4. The highest BCUT2D eigenvalue weighted by molar-refractivity contribution is 6.35. The molecule has 19 heavy (non-hydrogen) atoms. The van der Waals surface area contributed by atoms with E-state index in [1.165, 1.54) is 0 Å². The molecular weight excluding hydrogens is 279 g/mol. The zero-order valence-corrected chi connectivity index (χ0v) is 11.9. The fourth-order valence-electron chi connectivity index (χ4n) is 2.14. The lowest BCUT2D eigenvalue weighted by Gasteiger charge is -1.97. The number of nitrogens with zero attached hydrogens (tertiary/aromatic N) is 1. The van der Waals surface area contributed by atoms with E-state index in [0.717, 1.165) is 39.4 Å². The van der Waals surface area contributed by atoms with Crippen LogP contribution in [-0.4, -0.2) is 9.97 Å². The average molecular weight is 291 g/mol. The highest BCUT2D eigenvalue weighted by Gasteiger charge is 2.07. The Kier molecular flexibility index (Phi) is 3.21. The van der Waals surface area contributed by atoms with Crippen molar-refractivity contribution in [3.05, 3.63) is 63.4 Å². The third-order valence-electron chi connectivity index (χ3n) is 3.02. The van der Waals surface area contributed by atoms with Crippen LogP contribution in [-0.2, 0) is 6.42 Å². The monoisotopic (exact) mass is 290 g/mol. The van der Waals surface area contributed by atoms with Crippen LogP contribution in [0.4, 0.5) is 0 Å². The van der Waals surface area contributed by atoms with Crippen molar-refractivity contribution >= 4 is 34.2 Å². The van der Waals surface area contributed by atoms with Crippen molar-refractivity contribution in [1.82, 2.24) is 9.97 Å². The van der Waals surface area contributed by atoms with Crippen molar-refractivity contribution in [3.63, 3.8) is 0 Å². The minimum Gasteiger partial charge on any atom is -0.342 e. The van der Waals surface area contributed by atoms with Gasteiger partial charge in [-0.3, -0.25) is 0 Å². The summed E-state index contributed by atoms with van der Waals surface area (Å²) >= 11 is 12.1. The fraction of sp³-hybridized carbons (Fsp3) is 0.133. The molecule has 0 unspecified atom stereocenters. The topological polar surface area (TPSA) is 28.7 Å². The first kappa shape index (κ1) is 12.5. The summed E-state index contributed by atoms with van der Waals surface area (Å²) in [6, 6.07) is 11.8. The number of aromatic amines is 1. The first-order valence-electron chi connectivity index (χ1n) is 6.01. The quantitative estimate of drug-likeness (QED) is 0.724. The van der Waals surface area contributed by atoms with E-state index < -0.39 is 0 Å². The lowest BCUT2D eigenvalue weighted by atomic mass is 10.1. The van der Waals surface area contributed by atoms with Gasteiger partial charge in [-0.15, -0.1) is 0 Å². The molecule has 2 nitrogen and oxygen atoms in total. The van der Waals surface area contributed by atoms with Crippen molar-refractivity contribution in [3.8, 4) is 0 Å². The Bertz CT molecular complexity index is 730. The predicted octanol–water partition coefficient (Wildman–Crippen LogP) is 4.77. The third-order valence-corrected chi connectivity index (χ3v) is 3.56. The maximum absolute atomic E-state index is 6.20. The number of rotatable bonds is 2. The van der Waals surface area contributed by atoms with Crippen molar-refractivity contribution in [2.75, 3.05) is 0 Å². The molecule has 0 saturated carbocycles. The van der Waals surface area contributed by atoms with Crippen LogP contribution in [0.1, 0.15) is 17.0 Å². The Morgan fingerprint density at radius 1 is 1.11 bits per heavy atom. The van der Waals surface area contributed by atoms with Crippen LogP contribution in [0.2, 0.25) is 10.0 Å². The summed E-state index contributed by atoms with van der Waals surface area (Å²) in [5.74, 6) is 0.907. The molecule has 0 fully saturated rings. The van der Waals surface area contributed by atoms with Gasteiger partial charge in [0.1, 0.15) is 11.3 Å². The number of benzene rings is 2. The smallest absolute Gasteiger partial charge is 0.111 e. The molecule has 2 aromatic carbocycles. The molecule has 0 saturated heterocycles. The second-order valence-corrected chi connectivity index (χ2v) is 5.47. The molecule has 1 heterocycles. The number of aryl methyl sites for hydroxylation is 1. The molecule has 0 aliphatic heterocycles. The van der Waals surface area contributed by atoms with Gasteiger partial charge in [0.05, 0.1) is 10.5 Å². The fourth-order valence-corrected chi connectivity index (χ4v) is 2.58. The Balaban J connectivity index is 1.97. The molecule has 3 aromatic rings. The van der Waals surface area contributed by atoms with Gasteiger partial charge in [0.15, 0.2) is 0 Å². The molecule has 1 N–H and O–H groups in total. The van der Waals surface area contributed by atoms with Crippen LogP contribution in [0.25, 0.3) is 11.0 Å². The molecular formula is C15H12Cl2N2. The molecule has 4 heteroatoms. The van der Waals surface area contributed by atoms with Crippen LogP contribution in [0.15, 0.2) is 36.4 Å². The van der Waals surface area contributed by atoms with E-state index >= 15 is 0 Å². The van der Waals surface area contributed by atoms with E-state index in [1.807, 2.05) is 37.3 Å². The van der Waals surface area contributed by atoms with E-state index in [1.54, 1.807) is 0 Å². The first-order valence-corrected chi connectivity index (χ1v) is 6.76. The molecule has 0 radical (unpaired) electrons. The summed E-state index contributed by atoms with van der Waals surface area (Å²) in [5.41, 5.74) is 4.10. The number of fused-ring (bicyclic) bond motifs is 1. The minimum atomic E-state index is 0.689. The summed E-state index contributed by atoms with van der Waals surface area (Å²) in [6.45, 7) is 2.02. The molecule has 0 amide bonds. The van der Waals surface area contributed by atoms with Crippen LogP contribution in [0.3, 0.4) is 0 Å². The van der Waals surface area contributed by atoms with E-state index in [2.05, 4.69) is 16.0 Å². The van der Waals surface area contributed by atoms with Gasteiger partial charge in [-0.1, -0.05) is 35.3 Å². The van der Waals surface area contributed by atoms with E-state index in [4.69, 9.17) is 23.2 Å². The van der Waals surface area contributed by atoms with Gasteiger partial charge in [0.25, 0.3) is 0 Å². The summed E-state index contributed by atoms with van der Waals surface area (Å²) in [6.07, 6.45) is 0.737. The standard InChI is InChI=1S/C15H12Cl2N2/c1-9-6-12(17)15-13(7-9)18-14(19-15)8-10-2-4-11(16)5-3-10/h2-7H,8H2,1H3,(H,18,19). The van der Waals surface area contributed by atoms with Crippen LogP contribution in [0, 0.1) is 6.92 Å². The van der Waals surface area contributed by atoms with Gasteiger partial charge >= 0.3 is 0 Å².